The molecule has 7 nitrogen and oxygen atoms in total. The Hall–Kier alpha value is -3.20. The van der Waals surface area contributed by atoms with E-state index in [2.05, 4.69) is 21.0 Å². The molecule has 0 fully saturated rings. The first-order chi connectivity index (χ1) is 13.0. The van der Waals surface area contributed by atoms with Crippen molar-refractivity contribution in [2.24, 2.45) is 7.05 Å². The van der Waals surface area contributed by atoms with Gasteiger partial charge in [0.2, 0.25) is 5.91 Å². The van der Waals surface area contributed by atoms with Gasteiger partial charge in [0.15, 0.2) is 11.0 Å². The maximum Gasteiger partial charge on any atom is 0.269 e. The third-order valence-corrected chi connectivity index (χ3v) is 4.64. The van der Waals surface area contributed by atoms with Crippen LogP contribution in [0.5, 0.6) is 0 Å². The van der Waals surface area contributed by atoms with Crippen LogP contribution >= 0.6 is 11.8 Å². The van der Waals surface area contributed by atoms with E-state index in [9.17, 15) is 14.0 Å². The second kappa shape index (κ2) is 8.45. The Kier molecular flexibility index (Phi) is 5.82. The van der Waals surface area contributed by atoms with Crippen molar-refractivity contribution in [2.75, 3.05) is 5.75 Å². The number of hydrogen-bond donors (Lipinski definition) is 2. The van der Waals surface area contributed by atoms with Crippen LogP contribution < -0.4 is 10.9 Å². The highest BCUT2D eigenvalue weighted by molar-refractivity contribution is 7.99. The summed E-state index contributed by atoms with van der Waals surface area (Å²) >= 11 is 1.17. The monoisotopic (exact) mass is 385 g/mol. The van der Waals surface area contributed by atoms with E-state index < -0.39 is 5.91 Å². The molecule has 0 aliphatic heterocycles. The lowest BCUT2D eigenvalue weighted by atomic mass is 10.2. The molecule has 0 unspecified atom stereocenters. The summed E-state index contributed by atoms with van der Waals surface area (Å²) in [6, 6.07) is 14.5. The number of hydrogen-bond acceptors (Lipinski definition) is 5. The molecule has 0 aliphatic carbocycles. The molecule has 0 radical (unpaired) electrons. The van der Waals surface area contributed by atoms with Gasteiger partial charge in [-0.3, -0.25) is 20.4 Å². The third kappa shape index (κ3) is 4.70. The van der Waals surface area contributed by atoms with E-state index in [1.165, 1.54) is 23.9 Å². The van der Waals surface area contributed by atoms with Crippen molar-refractivity contribution in [1.82, 2.24) is 25.6 Å². The molecule has 9 heteroatoms. The maximum atomic E-state index is 13.0. The summed E-state index contributed by atoms with van der Waals surface area (Å²) in [4.78, 5) is 23.8. The molecular formula is C18H16FN5O2S. The van der Waals surface area contributed by atoms with E-state index in [4.69, 9.17) is 0 Å². The highest BCUT2D eigenvalue weighted by atomic mass is 32.2. The number of thioether (sulfide) groups is 1. The normalized spacial score (nSPS) is 10.4. The smallest absolute Gasteiger partial charge is 0.269 e. The summed E-state index contributed by atoms with van der Waals surface area (Å²) in [6.45, 7) is 0. The fraction of sp³-hybridized carbons (Fsp3) is 0.111. The van der Waals surface area contributed by atoms with Gasteiger partial charge in [-0.25, -0.2) is 4.39 Å². The summed E-state index contributed by atoms with van der Waals surface area (Å²) in [5.41, 5.74) is 5.88. The molecule has 27 heavy (non-hydrogen) atoms. The molecule has 0 bridgehead atoms. The SMILES string of the molecule is Cn1c(SCC(=O)NNC(=O)c2ccccc2)nnc1-c1ccc(F)cc1. The second-order valence-electron chi connectivity index (χ2n) is 5.53. The van der Waals surface area contributed by atoms with Crippen molar-refractivity contribution in [3.8, 4) is 11.4 Å². The number of nitrogens with one attached hydrogen (secondary N) is 2. The topological polar surface area (TPSA) is 88.9 Å². The van der Waals surface area contributed by atoms with Crippen molar-refractivity contribution in [3.05, 3.63) is 66.0 Å². The summed E-state index contributed by atoms with van der Waals surface area (Å²) in [5, 5.41) is 8.65. The molecule has 3 aromatic rings. The molecule has 3 rings (SSSR count). The molecule has 2 amide bonds. The minimum Gasteiger partial charge on any atom is -0.305 e. The van der Waals surface area contributed by atoms with E-state index in [1.807, 2.05) is 0 Å². The summed E-state index contributed by atoms with van der Waals surface area (Å²) in [5.74, 6) is -0.494. The zero-order chi connectivity index (χ0) is 19.2. The average molecular weight is 385 g/mol. The number of benzene rings is 2. The lowest BCUT2D eigenvalue weighted by Gasteiger charge is -2.07. The van der Waals surface area contributed by atoms with Crippen LogP contribution in [-0.4, -0.2) is 32.3 Å². The van der Waals surface area contributed by atoms with E-state index in [0.29, 0.717) is 16.5 Å². The Balaban J connectivity index is 1.53. The molecule has 0 saturated carbocycles. The number of amides is 2. The van der Waals surface area contributed by atoms with E-state index in [-0.39, 0.29) is 17.5 Å². The molecule has 2 aromatic carbocycles. The van der Waals surface area contributed by atoms with E-state index in [1.54, 1.807) is 54.1 Å². The van der Waals surface area contributed by atoms with Crippen LogP contribution in [0.1, 0.15) is 10.4 Å². The van der Waals surface area contributed by atoms with Crippen LogP contribution in [-0.2, 0) is 11.8 Å². The molecule has 0 saturated heterocycles. The zero-order valence-corrected chi connectivity index (χ0v) is 15.2. The van der Waals surface area contributed by atoms with Gasteiger partial charge in [-0.15, -0.1) is 10.2 Å². The van der Waals surface area contributed by atoms with Gasteiger partial charge in [0.05, 0.1) is 5.75 Å². The minimum atomic E-state index is -0.397. The van der Waals surface area contributed by atoms with Crippen LogP contribution in [0.4, 0.5) is 4.39 Å². The van der Waals surface area contributed by atoms with Gasteiger partial charge in [0.1, 0.15) is 5.82 Å². The van der Waals surface area contributed by atoms with Crippen molar-refractivity contribution in [1.29, 1.82) is 0 Å². The summed E-state index contributed by atoms with van der Waals surface area (Å²) < 4.78 is 14.8. The Bertz CT molecular complexity index is 944. The molecule has 138 valence electrons. The Morgan fingerprint density at radius 1 is 1.04 bits per heavy atom. The quantitative estimate of drug-likeness (QED) is 0.519. The molecule has 0 atom stereocenters. The molecule has 1 heterocycles. The van der Waals surface area contributed by atoms with Gasteiger partial charge in [0.25, 0.3) is 5.91 Å². The van der Waals surface area contributed by atoms with Crippen LogP contribution in [0, 0.1) is 5.82 Å². The Morgan fingerprint density at radius 3 is 2.44 bits per heavy atom. The maximum absolute atomic E-state index is 13.0. The lowest BCUT2D eigenvalue weighted by molar-refractivity contribution is -0.119. The van der Waals surface area contributed by atoms with Gasteiger partial charge < -0.3 is 4.57 Å². The van der Waals surface area contributed by atoms with Gasteiger partial charge in [-0.05, 0) is 36.4 Å². The largest absolute Gasteiger partial charge is 0.305 e. The van der Waals surface area contributed by atoms with Crippen LogP contribution in [0.2, 0.25) is 0 Å². The number of halogens is 1. The number of rotatable bonds is 5. The predicted octanol–water partition coefficient (Wildman–Crippen LogP) is 2.17. The van der Waals surface area contributed by atoms with Gasteiger partial charge in [-0.1, -0.05) is 30.0 Å². The third-order valence-electron chi connectivity index (χ3n) is 3.62. The predicted molar refractivity (Wildman–Crippen MR) is 99.2 cm³/mol. The van der Waals surface area contributed by atoms with Crippen molar-refractivity contribution in [2.45, 2.75) is 5.16 Å². The molecule has 0 aliphatic rings. The minimum absolute atomic E-state index is 0.0461. The van der Waals surface area contributed by atoms with Crippen LogP contribution in [0.15, 0.2) is 59.8 Å². The highest BCUT2D eigenvalue weighted by Crippen LogP contribution is 2.22. The zero-order valence-electron chi connectivity index (χ0n) is 14.3. The molecular weight excluding hydrogens is 369 g/mol. The van der Waals surface area contributed by atoms with E-state index in [0.717, 1.165) is 5.56 Å². The summed E-state index contributed by atoms with van der Waals surface area (Å²) in [6.07, 6.45) is 0. The first kappa shape index (κ1) is 18.6. The van der Waals surface area contributed by atoms with Crippen molar-refractivity contribution >= 4 is 23.6 Å². The van der Waals surface area contributed by atoms with E-state index >= 15 is 0 Å². The molecule has 2 N–H and O–H groups in total. The van der Waals surface area contributed by atoms with Crippen molar-refractivity contribution < 1.29 is 14.0 Å². The summed E-state index contributed by atoms with van der Waals surface area (Å²) in [7, 11) is 1.76. The highest BCUT2D eigenvalue weighted by Gasteiger charge is 2.13. The van der Waals surface area contributed by atoms with Gasteiger partial charge >= 0.3 is 0 Å². The Labute approximate surface area is 159 Å². The molecule has 0 spiro atoms. The number of carbonyl (C=O) groups excluding carboxylic acids is 2. The standard InChI is InChI=1S/C18H16FN5O2S/c1-24-16(12-7-9-14(19)10-8-12)21-23-18(24)27-11-15(25)20-22-17(26)13-5-3-2-4-6-13/h2-10H,11H2,1H3,(H,20,25)(H,22,26). The fourth-order valence-corrected chi connectivity index (χ4v) is 2.96. The number of nitrogens with zero attached hydrogens (tertiary/aromatic N) is 3. The number of carbonyl (C=O) groups is 2. The van der Waals surface area contributed by atoms with Crippen molar-refractivity contribution in [3.63, 3.8) is 0 Å². The number of aromatic nitrogens is 3. The first-order valence-electron chi connectivity index (χ1n) is 7.97. The lowest BCUT2D eigenvalue weighted by Crippen LogP contribution is -2.42. The number of hydrazine groups is 1. The second-order valence-corrected chi connectivity index (χ2v) is 6.47. The van der Waals surface area contributed by atoms with Gasteiger partial charge in [0, 0.05) is 18.2 Å². The fourth-order valence-electron chi connectivity index (χ4n) is 2.25. The van der Waals surface area contributed by atoms with Crippen LogP contribution in [0.25, 0.3) is 11.4 Å². The molecule has 1 aromatic heterocycles. The van der Waals surface area contributed by atoms with Crippen LogP contribution in [0.3, 0.4) is 0 Å². The first-order valence-corrected chi connectivity index (χ1v) is 8.95. The average Bonchev–Trinajstić information content (AvgIpc) is 3.06. The van der Waals surface area contributed by atoms with Gasteiger partial charge in [-0.2, -0.15) is 0 Å². The Morgan fingerprint density at radius 2 is 1.74 bits per heavy atom.